The minimum atomic E-state index is 0.880. The molecule has 0 radical (unpaired) electrons. The number of nitrogens with zero attached hydrogens (tertiary/aromatic N) is 3. The highest BCUT2D eigenvalue weighted by Crippen LogP contribution is 2.43. The van der Waals surface area contributed by atoms with E-state index in [0.717, 1.165) is 61.2 Å². The van der Waals surface area contributed by atoms with E-state index in [0.29, 0.717) is 0 Å². The van der Waals surface area contributed by atoms with Crippen LogP contribution in [0.15, 0.2) is 205 Å². The third-order valence-electron chi connectivity index (χ3n) is 12.2. The first-order valence-corrected chi connectivity index (χ1v) is 19.8. The molecular weight excluding hydrogens is 707 g/mol. The molecule has 0 saturated heterocycles. The van der Waals surface area contributed by atoms with Crippen molar-refractivity contribution in [3.63, 3.8) is 0 Å². The molecular formula is C54H33N3O. The molecule has 4 aromatic heterocycles. The van der Waals surface area contributed by atoms with Gasteiger partial charge in [0.25, 0.3) is 0 Å². The van der Waals surface area contributed by atoms with E-state index in [1.807, 2.05) is 6.07 Å². The van der Waals surface area contributed by atoms with Gasteiger partial charge in [-0.1, -0.05) is 121 Å². The Hall–Kier alpha value is -7.82. The van der Waals surface area contributed by atoms with E-state index in [9.17, 15) is 0 Å². The lowest BCUT2D eigenvalue weighted by Gasteiger charge is -2.13. The van der Waals surface area contributed by atoms with Crippen molar-refractivity contribution in [2.24, 2.45) is 0 Å². The summed E-state index contributed by atoms with van der Waals surface area (Å²) in [6.07, 6.45) is 0. The average molecular weight is 740 g/mol. The molecule has 4 nitrogen and oxygen atoms in total. The summed E-state index contributed by atoms with van der Waals surface area (Å²) < 4.78 is 13.9. The largest absolute Gasteiger partial charge is 0.456 e. The fraction of sp³-hybridized carbons (Fsp3) is 0. The van der Waals surface area contributed by atoms with Crippen molar-refractivity contribution in [1.82, 2.24) is 13.7 Å². The highest BCUT2D eigenvalue weighted by atomic mass is 16.3. The van der Waals surface area contributed by atoms with Gasteiger partial charge in [-0.2, -0.15) is 0 Å². The molecule has 0 unspecified atom stereocenters. The second kappa shape index (κ2) is 11.8. The van der Waals surface area contributed by atoms with Crippen molar-refractivity contribution in [3.8, 4) is 28.2 Å². The molecule has 4 heterocycles. The minimum absolute atomic E-state index is 0.880. The number of furan rings is 1. The highest BCUT2D eigenvalue weighted by Gasteiger charge is 2.21. The predicted molar refractivity (Wildman–Crippen MR) is 242 cm³/mol. The van der Waals surface area contributed by atoms with Crippen LogP contribution in [0, 0.1) is 0 Å². The predicted octanol–water partition coefficient (Wildman–Crippen LogP) is 14.5. The first kappa shape index (κ1) is 31.4. The van der Waals surface area contributed by atoms with Crippen LogP contribution in [-0.4, -0.2) is 13.7 Å². The fourth-order valence-corrected chi connectivity index (χ4v) is 9.74. The quantitative estimate of drug-likeness (QED) is 0.177. The molecule has 0 bridgehead atoms. The number of rotatable bonds is 4. The first-order valence-electron chi connectivity index (χ1n) is 19.8. The lowest BCUT2D eigenvalue weighted by atomic mass is 10.0. The molecule has 270 valence electrons. The molecule has 4 heteroatoms. The van der Waals surface area contributed by atoms with Crippen LogP contribution in [0.3, 0.4) is 0 Å². The smallest absolute Gasteiger partial charge is 0.138 e. The Balaban J connectivity index is 1.06. The molecule has 0 amide bonds. The van der Waals surface area contributed by atoms with Crippen molar-refractivity contribution >= 4 is 87.4 Å². The molecule has 0 aliphatic carbocycles. The second-order valence-electron chi connectivity index (χ2n) is 15.3. The van der Waals surface area contributed by atoms with E-state index in [2.05, 4.69) is 208 Å². The number of para-hydroxylation sites is 5. The number of benzene rings is 9. The van der Waals surface area contributed by atoms with Crippen molar-refractivity contribution in [1.29, 1.82) is 0 Å². The van der Waals surface area contributed by atoms with E-state index in [4.69, 9.17) is 4.42 Å². The molecule has 0 aliphatic rings. The Kier molecular flexibility index (Phi) is 6.41. The third-order valence-corrected chi connectivity index (χ3v) is 12.2. The summed E-state index contributed by atoms with van der Waals surface area (Å²) in [5.41, 5.74) is 14.5. The van der Waals surface area contributed by atoms with Gasteiger partial charge in [0.1, 0.15) is 11.2 Å². The van der Waals surface area contributed by atoms with Crippen LogP contribution < -0.4 is 0 Å². The van der Waals surface area contributed by atoms with E-state index < -0.39 is 0 Å². The standard InChI is InChI=1S/C54H33N3O/c1-2-14-34(15-3-1)35-30-51(54-42-20-8-13-25-52(42)58-53(54)31-35)57-48-24-12-7-19-41(48)44-33-37(27-29-50(44)57)56-47-23-11-6-18-40(47)43-32-36(26-28-49(43)56)55-45-21-9-4-16-38(45)39-17-5-10-22-46(39)55/h1-33H. The molecule has 0 saturated carbocycles. The van der Waals surface area contributed by atoms with Gasteiger partial charge in [0.15, 0.2) is 0 Å². The van der Waals surface area contributed by atoms with Gasteiger partial charge in [0.2, 0.25) is 0 Å². The first-order chi connectivity index (χ1) is 28.8. The van der Waals surface area contributed by atoms with Gasteiger partial charge >= 0.3 is 0 Å². The van der Waals surface area contributed by atoms with Crippen molar-refractivity contribution in [2.45, 2.75) is 0 Å². The van der Waals surface area contributed by atoms with Crippen LogP contribution in [0.1, 0.15) is 0 Å². The zero-order valence-corrected chi connectivity index (χ0v) is 31.3. The van der Waals surface area contributed by atoms with Crippen LogP contribution in [0.25, 0.3) is 116 Å². The Morgan fingerprint density at radius 2 is 0.707 bits per heavy atom. The average Bonchev–Trinajstić information content (AvgIpc) is 4.02. The SMILES string of the molecule is c1ccc(-c2cc(-n3c4ccccc4c4cc(-n5c6ccccc6c6cc(-n7c8ccccc8c8ccccc87)ccc65)ccc43)c3c(c2)oc2ccccc23)cc1. The summed E-state index contributed by atoms with van der Waals surface area (Å²) >= 11 is 0. The lowest BCUT2D eigenvalue weighted by molar-refractivity contribution is 0.669. The van der Waals surface area contributed by atoms with Crippen LogP contribution in [0.2, 0.25) is 0 Å². The number of hydrogen-bond donors (Lipinski definition) is 0. The summed E-state index contributed by atoms with van der Waals surface area (Å²) in [5, 5.41) is 9.62. The maximum Gasteiger partial charge on any atom is 0.138 e. The molecule has 0 aliphatic heterocycles. The summed E-state index contributed by atoms with van der Waals surface area (Å²) in [6.45, 7) is 0. The molecule has 0 fully saturated rings. The van der Waals surface area contributed by atoms with E-state index >= 15 is 0 Å². The normalized spacial score (nSPS) is 12.1. The minimum Gasteiger partial charge on any atom is -0.456 e. The lowest BCUT2D eigenvalue weighted by Crippen LogP contribution is -1.97. The van der Waals surface area contributed by atoms with Gasteiger partial charge in [-0.15, -0.1) is 0 Å². The Morgan fingerprint density at radius 1 is 0.276 bits per heavy atom. The Labute approximate surface area is 332 Å². The zero-order chi connectivity index (χ0) is 37.9. The summed E-state index contributed by atoms with van der Waals surface area (Å²) in [5.74, 6) is 0. The summed E-state index contributed by atoms with van der Waals surface area (Å²) in [4.78, 5) is 0. The van der Waals surface area contributed by atoms with Crippen LogP contribution in [-0.2, 0) is 0 Å². The number of hydrogen-bond acceptors (Lipinski definition) is 1. The van der Waals surface area contributed by atoms with Gasteiger partial charge in [0, 0.05) is 49.1 Å². The van der Waals surface area contributed by atoms with Gasteiger partial charge < -0.3 is 18.1 Å². The summed E-state index contributed by atoms with van der Waals surface area (Å²) in [6, 6.07) is 72.5. The van der Waals surface area contributed by atoms with Gasteiger partial charge in [-0.25, -0.2) is 0 Å². The summed E-state index contributed by atoms with van der Waals surface area (Å²) in [7, 11) is 0. The van der Waals surface area contributed by atoms with Gasteiger partial charge in [0.05, 0.1) is 44.2 Å². The highest BCUT2D eigenvalue weighted by molar-refractivity contribution is 6.16. The van der Waals surface area contributed by atoms with E-state index in [1.165, 1.54) is 54.4 Å². The molecule has 9 aromatic carbocycles. The maximum atomic E-state index is 6.58. The second-order valence-corrected chi connectivity index (χ2v) is 15.3. The Morgan fingerprint density at radius 3 is 1.28 bits per heavy atom. The molecule has 0 N–H and O–H groups in total. The monoisotopic (exact) mass is 739 g/mol. The number of aromatic nitrogens is 3. The van der Waals surface area contributed by atoms with E-state index in [1.54, 1.807) is 0 Å². The van der Waals surface area contributed by atoms with E-state index in [-0.39, 0.29) is 0 Å². The molecule has 58 heavy (non-hydrogen) atoms. The van der Waals surface area contributed by atoms with Gasteiger partial charge in [-0.3, -0.25) is 0 Å². The molecule has 13 rings (SSSR count). The fourth-order valence-electron chi connectivity index (χ4n) is 9.74. The van der Waals surface area contributed by atoms with Crippen LogP contribution in [0.5, 0.6) is 0 Å². The Bertz CT molecular complexity index is 3750. The van der Waals surface area contributed by atoms with Crippen molar-refractivity contribution in [2.75, 3.05) is 0 Å². The zero-order valence-electron chi connectivity index (χ0n) is 31.3. The maximum absolute atomic E-state index is 6.58. The third kappa shape index (κ3) is 4.34. The van der Waals surface area contributed by atoms with Crippen molar-refractivity contribution in [3.05, 3.63) is 200 Å². The topological polar surface area (TPSA) is 27.9 Å². The number of fused-ring (bicyclic) bond motifs is 12. The van der Waals surface area contributed by atoms with Crippen molar-refractivity contribution < 1.29 is 4.42 Å². The molecule has 0 spiro atoms. The van der Waals surface area contributed by atoms with Gasteiger partial charge in [-0.05, 0) is 90.0 Å². The molecule has 13 aromatic rings. The van der Waals surface area contributed by atoms with Crippen LogP contribution in [0.4, 0.5) is 0 Å². The molecule has 0 atom stereocenters. The van der Waals surface area contributed by atoms with Crippen LogP contribution >= 0.6 is 0 Å².